The van der Waals surface area contributed by atoms with E-state index in [4.69, 9.17) is 4.74 Å². The van der Waals surface area contributed by atoms with Crippen LogP contribution in [0.1, 0.15) is 32.4 Å². The molecule has 1 N–H and O–H groups in total. The molecule has 0 spiro atoms. The first-order valence-corrected chi connectivity index (χ1v) is 8.10. The molecule has 0 saturated heterocycles. The maximum absolute atomic E-state index is 12.6. The largest absolute Gasteiger partial charge is 0.459 e. The first-order valence-electron chi connectivity index (χ1n) is 7.31. The van der Waals surface area contributed by atoms with Crippen LogP contribution in [0.3, 0.4) is 0 Å². The summed E-state index contributed by atoms with van der Waals surface area (Å²) in [7, 11) is 0. The number of nitrogens with one attached hydrogen (secondary N) is 1. The summed E-state index contributed by atoms with van der Waals surface area (Å²) in [6, 6.07) is 7.43. The van der Waals surface area contributed by atoms with E-state index in [9.17, 15) is 4.79 Å². The summed E-state index contributed by atoms with van der Waals surface area (Å²) >= 11 is 3.43. The number of nitrogens with zero attached hydrogens (tertiary/aromatic N) is 3. The lowest BCUT2D eigenvalue weighted by molar-refractivity contribution is -0.143. The van der Waals surface area contributed by atoms with E-state index in [0.717, 1.165) is 15.7 Å². The van der Waals surface area contributed by atoms with Crippen molar-refractivity contribution in [2.45, 2.75) is 32.9 Å². The number of carbonyl (C=O) groups is 1. The SMILES string of the molecule is CC1=C(C(=O)OC(C)C)[C@@H](c2ccc(Br)cc2)n2ncnc2N1. The minimum atomic E-state index is -0.368. The van der Waals surface area contributed by atoms with Gasteiger partial charge in [-0.25, -0.2) is 9.48 Å². The molecule has 23 heavy (non-hydrogen) atoms. The Morgan fingerprint density at radius 3 is 2.70 bits per heavy atom. The third-order valence-electron chi connectivity index (χ3n) is 3.54. The third kappa shape index (κ3) is 3.01. The molecule has 3 rings (SSSR count). The van der Waals surface area contributed by atoms with Gasteiger partial charge in [0.1, 0.15) is 12.4 Å². The van der Waals surface area contributed by atoms with Crippen molar-refractivity contribution in [3.8, 4) is 0 Å². The average molecular weight is 377 g/mol. The summed E-state index contributed by atoms with van der Waals surface area (Å²) in [6.07, 6.45) is 1.28. The van der Waals surface area contributed by atoms with Gasteiger partial charge in [0, 0.05) is 10.2 Å². The smallest absolute Gasteiger partial charge is 0.338 e. The van der Waals surface area contributed by atoms with Crippen LogP contribution >= 0.6 is 15.9 Å². The lowest BCUT2D eigenvalue weighted by atomic mass is 9.96. The summed E-state index contributed by atoms with van der Waals surface area (Å²) in [4.78, 5) is 16.8. The number of benzene rings is 1. The molecule has 0 amide bonds. The van der Waals surface area contributed by atoms with Crippen LogP contribution in [0.4, 0.5) is 5.95 Å². The van der Waals surface area contributed by atoms with Crippen molar-refractivity contribution < 1.29 is 9.53 Å². The Bertz CT molecular complexity index is 765. The van der Waals surface area contributed by atoms with Crippen molar-refractivity contribution >= 4 is 27.8 Å². The van der Waals surface area contributed by atoms with E-state index in [1.165, 1.54) is 6.33 Å². The summed E-state index contributed by atoms with van der Waals surface area (Å²) in [6.45, 7) is 5.51. The molecule has 2 heterocycles. The van der Waals surface area contributed by atoms with Gasteiger partial charge in [-0.3, -0.25) is 0 Å². The number of esters is 1. The van der Waals surface area contributed by atoms with Gasteiger partial charge in [-0.15, -0.1) is 0 Å². The molecule has 1 aliphatic heterocycles. The standard InChI is InChI=1S/C16H17BrN4O2/c1-9(2)23-15(22)13-10(3)20-16-18-8-19-21(16)14(13)11-4-6-12(17)7-5-11/h4-9,14H,1-3H3,(H,18,19,20)/t14-/m1/s1. The van der Waals surface area contributed by atoms with Gasteiger partial charge in [0.2, 0.25) is 5.95 Å². The molecule has 0 aliphatic carbocycles. The predicted octanol–water partition coefficient (Wildman–Crippen LogP) is 3.28. The van der Waals surface area contributed by atoms with Crippen LogP contribution in [-0.4, -0.2) is 26.8 Å². The Labute approximate surface area is 142 Å². The molecule has 7 heteroatoms. The topological polar surface area (TPSA) is 69.0 Å². The molecule has 1 aromatic heterocycles. The van der Waals surface area contributed by atoms with E-state index in [2.05, 4.69) is 31.3 Å². The Balaban J connectivity index is 2.10. The molecule has 0 bridgehead atoms. The maximum Gasteiger partial charge on any atom is 0.338 e. The maximum atomic E-state index is 12.6. The van der Waals surface area contributed by atoms with Gasteiger partial charge in [0.25, 0.3) is 0 Å². The lowest BCUT2D eigenvalue weighted by Crippen LogP contribution is -2.30. The third-order valence-corrected chi connectivity index (χ3v) is 4.07. The average Bonchev–Trinajstić information content (AvgIpc) is 2.93. The van der Waals surface area contributed by atoms with Gasteiger partial charge in [-0.1, -0.05) is 28.1 Å². The summed E-state index contributed by atoms with van der Waals surface area (Å²) < 4.78 is 8.09. The normalized spacial score (nSPS) is 17.0. The van der Waals surface area contributed by atoms with Gasteiger partial charge in [0.15, 0.2) is 0 Å². The number of hydrogen-bond acceptors (Lipinski definition) is 5. The fourth-order valence-corrected chi connectivity index (χ4v) is 2.85. The van der Waals surface area contributed by atoms with Crippen molar-refractivity contribution in [1.29, 1.82) is 0 Å². The molecule has 1 aromatic carbocycles. The number of anilines is 1. The monoisotopic (exact) mass is 376 g/mol. The molecular weight excluding hydrogens is 360 g/mol. The number of carbonyl (C=O) groups excluding carboxylic acids is 1. The highest BCUT2D eigenvalue weighted by Gasteiger charge is 2.34. The van der Waals surface area contributed by atoms with Gasteiger partial charge < -0.3 is 10.1 Å². The summed E-state index contributed by atoms with van der Waals surface area (Å²) in [5, 5.41) is 7.39. The van der Waals surface area contributed by atoms with Crippen LogP contribution < -0.4 is 5.32 Å². The zero-order valence-corrected chi connectivity index (χ0v) is 14.7. The predicted molar refractivity (Wildman–Crippen MR) is 89.9 cm³/mol. The van der Waals surface area contributed by atoms with Crippen molar-refractivity contribution in [3.05, 3.63) is 51.9 Å². The van der Waals surface area contributed by atoms with Crippen molar-refractivity contribution in [2.24, 2.45) is 0 Å². The van der Waals surface area contributed by atoms with Crippen molar-refractivity contribution in [1.82, 2.24) is 14.8 Å². The van der Waals surface area contributed by atoms with Crippen LogP contribution in [0.25, 0.3) is 0 Å². The van der Waals surface area contributed by atoms with E-state index in [1.807, 2.05) is 45.0 Å². The number of ether oxygens (including phenoxy) is 1. The molecule has 1 atom stereocenters. The molecule has 120 valence electrons. The Kier molecular flexibility index (Phi) is 4.21. The number of fused-ring (bicyclic) bond motifs is 1. The molecule has 1 aliphatic rings. The fraction of sp³-hybridized carbons (Fsp3) is 0.312. The number of hydrogen-bond donors (Lipinski definition) is 1. The van der Waals surface area contributed by atoms with E-state index in [0.29, 0.717) is 11.5 Å². The van der Waals surface area contributed by atoms with Crippen LogP contribution in [0.2, 0.25) is 0 Å². The Morgan fingerprint density at radius 2 is 2.04 bits per heavy atom. The molecule has 0 radical (unpaired) electrons. The Morgan fingerprint density at radius 1 is 1.35 bits per heavy atom. The number of halogens is 1. The van der Waals surface area contributed by atoms with Gasteiger partial charge in [0.05, 0.1) is 11.7 Å². The second kappa shape index (κ2) is 6.16. The van der Waals surface area contributed by atoms with Crippen molar-refractivity contribution in [3.63, 3.8) is 0 Å². The molecule has 0 fully saturated rings. The van der Waals surface area contributed by atoms with Gasteiger partial charge in [-0.2, -0.15) is 10.1 Å². The second-order valence-corrected chi connectivity index (χ2v) is 6.52. The van der Waals surface area contributed by atoms with E-state index < -0.39 is 0 Å². The van der Waals surface area contributed by atoms with Crippen LogP contribution in [0.15, 0.2) is 46.3 Å². The lowest BCUT2D eigenvalue weighted by Gasteiger charge is -2.28. The highest BCUT2D eigenvalue weighted by Crippen LogP contribution is 2.35. The van der Waals surface area contributed by atoms with E-state index in [1.54, 1.807) is 4.68 Å². The van der Waals surface area contributed by atoms with Crippen molar-refractivity contribution in [2.75, 3.05) is 5.32 Å². The van der Waals surface area contributed by atoms with E-state index in [-0.39, 0.29) is 18.1 Å². The number of allylic oxidation sites excluding steroid dienone is 1. The zero-order chi connectivity index (χ0) is 16.6. The van der Waals surface area contributed by atoms with Crippen LogP contribution in [-0.2, 0) is 9.53 Å². The molecule has 0 saturated carbocycles. The second-order valence-electron chi connectivity index (χ2n) is 5.60. The first kappa shape index (κ1) is 15.7. The van der Waals surface area contributed by atoms with Crippen LogP contribution in [0, 0.1) is 0 Å². The van der Waals surface area contributed by atoms with E-state index >= 15 is 0 Å². The molecule has 2 aromatic rings. The molecular formula is C16H17BrN4O2. The van der Waals surface area contributed by atoms with Gasteiger partial charge >= 0.3 is 5.97 Å². The summed E-state index contributed by atoms with van der Waals surface area (Å²) in [5.41, 5.74) is 2.21. The summed E-state index contributed by atoms with van der Waals surface area (Å²) in [5.74, 6) is 0.260. The minimum Gasteiger partial charge on any atom is -0.459 e. The first-order chi connectivity index (χ1) is 11.0. The number of rotatable bonds is 3. The van der Waals surface area contributed by atoms with Crippen LogP contribution in [0.5, 0.6) is 0 Å². The fourth-order valence-electron chi connectivity index (χ4n) is 2.59. The molecule has 0 unspecified atom stereocenters. The molecule has 6 nitrogen and oxygen atoms in total. The number of aromatic nitrogens is 3. The Hall–Kier alpha value is -2.15. The minimum absolute atomic E-state index is 0.189. The van der Waals surface area contributed by atoms with Gasteiger partial charge in [-0.05, 0) is 38.5 Å². The highest BCUT2D eigenvalue weighted by atomic mass is 79.9. The quantitative estimate of drug-likeness (QED) is 0.832. The highest BCUT2D eigenvalue weighted by molar-refractivity contribution is 9.10. The zero-order valence-electron chi connectivity index (χ0n) is 13.1.